The second-order valence-corrected chi connectivity index (χ2v) is 5.23. The predicted octanol–water partition coefficient (Wildman–Crippen LogP) is 2.64. The standard InChI is InChI=1S/C15H22N2O2/c1-4-14-11(5-6-19-14)15(18)17-13-8-12(16)9(2)7-10(13)3/h7-8,11,14H,4-6,16H2,1-3H3,(H,17,18). The molecule has 1 aliphatic heterocycles. The molecule has 0 bridgehead atoms. The van der Waals surface area contributed by atoms with Crippen LogP contribution in [0.2, 0.25) is 0 Å². The van der Waals surface area contributed by atoms with E-state index in [2.05, 4.69) is 5.32 Å². The minimum absolute atomic E-state index is 0.0377. The molecule has 1 aliphatic rings. The van der Waals surface area contributed by atoms with Crippen LogP contribution in [0.3, 0.4) is 0 Å². The number of benzene rings is 1. The molecular formula is C15H22N2O2. The number of rotatable bonds is 3. The Bertz CT molecular complexity index is 485. The average molecular weight is 262 g/mol. The van der Waals surface area contributed by atoms with Gasteiger partial charge in [0.2, 0.25) is 5.91 Å². The van der Waals surface area contributed by atoms with Crippen LogP contribution in [-0.2, 0) is 9.53 Å². The Morgan fingerprint density at radius 3 is 2.84 bits per heavy atom. The van der Waals surface area contributed by atoms with Gasteiger partial charge in [-0.1, -0.05) is 13.0 Å². The summed E-state index contributed by atoms with van der Waals surface area (Å²) in [6, 6.07) is 3.83. The zero-order chi connectivity index (χ0) is 14.0. The van der Waals surface area contributed by atoms with E-state index in [1.807, 2.05) is 32.9 Å². The lowest BCUT2D eigenvalue weighted by molar-refractivity contribution is -0.121. The lowest BCUT2D eigenvalue weighted by Gasteiger charge is -2.18. The Kier molecular flexibility index (Phi) is 4.10. The van der Waals surface area contributed by atoms with Crippen molar-refractivity contribution in [3.05, 3.63) is 23.3 Å². The maximum Gasteiger partial charge on any atom is 0.230 e. The molecule has 0 spiro atoms. The van der Waals surface area contributed by atoms with Gasteiger partial charge in [0.1, 0.15) is 0 Å². The molecule has 0 aromatic heterocycles. The number of anilines is 2. The smallest absolute Gasteiger partial charge is 0.230 e. The lowest BCUT2D eigenvalue weighted by Crippen LogP contribution is -2.29. The zero-order valence-electron chi connectivity index (χ0n) is 11.8. The summed E-state index contributed by atoms with van der Waals surface area (Å²) in [5.74, 6) is -0.0115. The Morgan fingerprint density at radius 1 is 1.42 bits per heavy atom. The fourth-order valence-corrected chi connectivity index (χ4v) is 2.58. The van der Waals surface area contributed by atoms with Crippen molar-refractivity contribution >= 4 is 17.3 Å². The van der Waals surface area contributed by atoms with Crippen LogP contribution in [0.4, 0.5) is 11.4 Å². The molecule has 1 saturated heterocycles. The second-order valence-electron chi connectivity index (χ2n) is 5.23. The summed E-state index contributed by atoms with van der Waals surface area (Å²) < 4.78 is 5.56. The molecular weight excluding hydrogens is 240 g/mol. The van der Waals surface area contributed by atoms with E-state index in [9.17, 15) is 4.79 Å². The number of nitrogen functional groups attached to an aromatic ring is 1. The first-order valence-electron chi connectivity index (χ1n) is 6.82. The average Bonchev–Trinajstić information content (AvgIpc) is 2.84. The number of nitrogens with two attached hydrogens (primary N) is 1. The number of ether oxygens (including phenoxy) is 1. The highest BCUT2D eigenvalue weighted by Crippen LogP contribution is 2.27. The van der Waals surface area contributed by atoms with Gasteiger partial charge in [-0.05, 0) is 43.9 Å². The van der Waals surface area contributed by atoms with E-state index in [1.165, 1.54) is 0 Å². The van der Waals surface area contributed by atoms with Crippen LogP contribution >= 0.6 is 0 Å². The quantitative estimate of drug-likeness (QED) is 0.823. The number of nitrogens with one attached hydrogen (secondary N) is 1. The van der Waals surface area contributed by atoms with Gasteiger partial charge in [0.25, 0.3) is 0 Å². The lowest BCUT2D eigenvalue weighted by atomic mass is 9.98. The molecule has 1 aromatic rings. The van der Waals surface area contributed by atoms with E-state index in [0.29, 0.717) is 12.3 Å². The highest BCUT2D eigenvalue weighted by Gasteiger charge is 2.32. The largest absolute Gasteiger partial charge is 0.398 e. The van der Waals surface area contributed by atoms with Gasteiger partial charge in [-0.2, -0.15) is 0 Å². The topological polar surface area (TPSA) is 64.3 Å². The summed E-state index contributed by atoms with van der Waals surface area (Å²) in [6.45, 7) is 6.66. The van der Waals surface area contributed by atoms with Crippen molar-refractivity contribution in [2.24, 2.45) is 5.92 Å². The minimum atomic E-state index is -0.0491. The van der Waals surface area contributed by atoms with Gasteiger partial charge >= 0.3 is 0 Å². The van der Waals surface area contributed by atoms with E-state index in [4.69, 9.17) is 10.5 Å². The number of hydrogen-bond donors (Lipinski definition) is 2. The van der Waals surface area contributed by atoms with Crippen molar-refractivity contribution in [3.8, 4) is 0 Å². The van der Waals surface area contributed by atoms with Crippen LogP contribution in [0, 0.1) is 19.8 Å². The first kappa shape index (κ1) is 13.9. The van der Waals surface area contributed by atoms with Crippen molar-refractivity contribution in [1.29, 1.82) is 0 Å². The molecule has 104 valence electrons. The summed E-state index contributed by atoms with van der Waals surface area (Å²) in [5.41, 5.74) is 9.47. The molecule has 2 rings (SSSR count). The molecule has 3 N–H and O–H groups in total. The molecule has 0 radical (unpaired) electrons. The highest BCUT2D eigenvalue weighted by molar-refractivity contribution is 5.94. The van der Waals surface area contributed by atoms with Crippen LogP contribution in [0.25, 0.3) is 0 Å². The molecule has 1 amide bonds. The molecule has 0 aliphatic carbocycles. The van der Waals surface area contributed by atoms with Crippen molar-refractivity contribution < 1.29 is 9.53 Å². The van der Waals surface area contributed by atoms with Crippen molar-refractivity contribution in [3.63, 3.8) is 0 Å². The van der Waals surface area contributed by atoms with Gasteiger partial charge < -0.3 is 15.8 Å². The normalized spacial score (nSPS) is 22.5. The Morgan fingerprint density at radius 2 is 2.16 bits per heavy atom. The summed E-state index contributed by atoms with van der Waals surface area (Å²) in [6.07, 6.45) is 1.71. The van der Waals surface area contributed by atoms with Gasteiger partial charge in [0.15, 0.2) is 0 Å². The molecule has 1 aromatic carbocycles. The SMILES string of the molecule is CCC1OCCC1C(=O)Nc1cc(N)c(C)cc1C. The maximum atomic E-state index is 12.3. The Hall–Kier alpha value is -1.55. The van der Waals surface area contributed by atoms with Gasteiger partial charge in [-0.15, -0.1) is 0 Å². The van der Waals surface area contributed by atoms with E-state index in [-0.39, 0.29) is 17.9 Å². The molecule has 0 saturated carbocycles. The first-order valence-corrected chi connectivity index (χ1v) is 6.82. The minimum Gasteiger partial charge on any atom is -0.398 e. The molecule has 19 heavy (non-hydrogen) atoms. The van der Waals surface area contributed by atoms with E-state index in [1.54, 1.807) is 0 Å². The van der Waals surface area contributed by atoms with E-state index >= 15 is 0 Å². The third-order valence-electron chi connectivity index (χ3n) is 3.82. The van der Waals surface area contributed by atoms with Gasteiger partial charge in [0.05, 0.1) is 12.0 Å². The number of hydrogen-bond acceptors (Lipinski definition) is 3. The summed E-state index contributed by atoms with van der Waals surface area (Å²) in [5, 5.41) is 2.99. The molecule has 2 unspecified atom stereocenters. The van der Waals surface area contributed by atoms with E-state index in [0.717, 1.165) is 29.7 Å². The zero-order valence-corrected chi connectivity index (χ0v) is 11.8. The first-order chi connectivity index (χ1) is 9.02. The second kappa shape index (κ2) is 5.61. The molecule has 2 atom stereocenters. The highest BCUT2D eigenvalue weighted by atomic mass is 16.5. The third-order valence-corrected chi connectivity index (χ3v) is 3.82. The van der Waals surface area contributed by atoms with Gasteiger partial charge in [-0.3, -0.25) is 4.79 Å². The van der Waals surface area contributed by atoms with Crippen LogP contribution in [-0.4, -0.2) is 18.6 Å². The van der Waals surface area contributed by atoms with Crippen LogP contribution in [0.5, 0.6) is 0 Å². The van der Waals surface area contributed by atoms with E-state index < -0.39 is 0 Å². The fourth-order valence-electron chi connectivity index (χ4n) is 2.58. The van der Waals surface area contributed by atoms with Crippen molar-refractivity contribution in [2.75, 3.05) is 17.7 Å². The molecule has 1 fully saturated rings. The maximum absolute atomic E-state index is 12.3. The number of aryl methyl sites for hydroxylation is 2. The van der Waals surface area contributed by atoms with Crippen LogP contribution < -0.4 is 11.1 Å². The molecule has 4 nitrogen and oxygen atoms in total. The fraction of sp³-hybridized carbons (Fsp3) is 0.533. The third kappa shape index (κ3) is 2.89. The number of carbonyl (C=O) groups excluding carboxylic acids is 1. The van der Waals surface area contributed by atoms with Gasteiger partial charge in [0, 0.05) is 18.0 Å². The number of carbonyl (C=O) groups is 1. The molecule has 1 heterocycles. The summed E-state index contributed by atoms with van der Waals surface area (Å²) >= 11 is 0. The Balaban J connectivity index is 2.13. The van der Waals surface area contributed by atoms with Crippen LogP contribution in [0.1, 0.15) is 30.9 Å². The number of amides is 1. The van der Waals surface area contributed by atoms with Crippen molar-refractivity contribution in [1.82, 2.24) is 0 Å². The predicted molar refractivity (Wildman–Crippen MR) is 77.1 cm³/mol. The summed E-state index contributed by atoms with van der Waals surface area (Å²) in [4.78, 5) is 12.3. The van der Waals surface area contributed by atoms with Gasteiger partial charge in [-0.25, -0.2) is 0 Å². The van der Waals surface area contributed by atoms with Crippen molar-refractivity contribution in [2.45, 2.75) is 39.7 Å². The molecule has 4 heteroatoms. The van der Waals surface area contributed by atoms with Crippen LogP contribution in [0.15, 0.2) is 12.1 Å². The Labute approximate surface area is 114 Å². The monoisotopic (exact) mass is 262 g/mol. The summed E-state index contributed by atoms with van der Waals surface area (Å²) in [7, 11) is 0.